The van der Waals surface area contributed by atoms with Gasteiger partial charge in [0, 0.05) is 6.42 Å². The van der Waals surface area contributed by atoms with E-state index in [2.05, 4.69) is 10.1 Å². The zero-order valence-corrected chi connectivity index (χ0v) is 10.2. The van der Waals surface area contributed by atoms with Crippen LogP contribution in [0.2, 0.25) is 0 Å². The molecule has 0 bridgehead atoms. The van der Waals surface area contributed by atoms with Crippen molar-refractivity contribution in [3.63, 3.8) is 0 Å². The van der Waals surface area contributed by atoms with Crippen molar-refractivity contribution in [1.29, 1.82) is 0 Å². The van der Waals surface area contributed by atoms with Gasteiger partial charge in [-0.3, -0.25) is 0 Å². The maximum absolute atomic E-state index is 9.59. The predicted octanol–water partition coefficient (Wildman–Crippen LogP) is 3.09. The van der Waals surface area contributed by atoms with Gasteiger partial charge in [-0.25, -0.2) is 0 Å². The molecule has 0 fully saturated rings. The number of hydrogen-bond donors (Lipinski definition) is 1. The molecule has 0 saturated heterocycles. The van der Waals surface area contributed by atoms with Gasteiger partial charge in [0.15, 0.2) is 5.82 Å². The van der Waals surface area contributed by atoms with Gasteiger partial charge in [-0.2, -0.15) is 4.98 Å². The third kappa shape index (κ3) is 2.12. The summed E-state index contributed by atoms with van der Waals surface area (Å²) in [4.78, 5) is 4.89. The summed E-state index contributed by atoms with van der Waals surface area (Å²) >= 11 is 1.38. The quantitative estimate of drug-likeness (QED) is 0.784. The lowest BCUT2D eigenvalue weighted by molar-refractivity contribution is 0.420. The number of aromatic nitrogens is 2. The van der Waals surface area contributed by atoms with Gasteiger partial charge in [-0.15, -0.1) is 11.3 Å². The van der Waals surface area contributed by atoms with Crippen LogP contribution < -0.4 is 0 Å². The van der Waals surface area contributed by atoms with E-state index in [1.807, 2.05) is 30.3 Å². The Morgan fingerprint density at radius 2 is 2.00 bits per heavy atom. The molecule has 0 radical (unpaired) electrons. The van der Waals surface area contributed by atoms with E-state index in [-0.39, 0.29) is 5.75 Å². The van der Waals surface area contributed by atoms with Gasteiger partial charge in [-0.1, -0.05) is 35.5 Å². The molecule has 0 unspecified atom stereocenters. The molecule has 1 N–H and O–H groups in total. The number of rotatable bonds is 3. The van der Waals surface area contributed by atoms with Crippen LogP contribution in [0, 0.1) is 0 Å². The first kappa shape index (κ1) is 11.0. The van der Waals surface area contributed by atoms with E-state index in [0.717, 1.165) is 5.56 Å². The highest BCUT2D eigenvalue weighted by Crippen LogP contribution is 2.33. The molecular weight excluding hydrogens is 248 g/mol. The minimum Gasteiger partial charge on any atom is -0.506 e. The van der Waals surface area contributed by atoms with Crippen LogP contribution in [0.15, 0.2) is 46.3 Å². The first-order chi connectivity index (χ1) is 8.83. The summed E-state index contributed by atoms with van der Waals surface area (Å²) in [6, 6.07) is 11.6. The van der Waals surface area contributed by atoms with Crippen molar-refractivity contribution in [1.82, 2.24) is 10.1 Å². The molecule has 3 rings (SSSR count). The average Bonchev–Trinajstić information content (AvgIpc) is 2.99. The van der Waals surface area contributed by atoms with Crippen LogP contribution in [0.4, 0.5) is 0 Å². The lowest BCUT2D eigenvalue weighted by Crippen LogP contribution is -1.89. The molecule has 4 nitrogen and oxygen atoms in total. The Morgan fingerprint density at radius 1 is 1.17 bits per heavy atom. The molecule has 0 aliphatic heterocycles. The van der Waals surface area contributed by atoms with Gasteiger partial charge >= 0.3 is 0 Å². The molecule has 90 valence electrons. The Balaban J connectivity index is 1.84. The molecule has 5 heteroatoms. The maximum atomic E-state index is 9.59. The summed E-state index contributed by atoms with van der Waals surface area (Å²) in [7, 11) is 0. The molecule has 0 amide bonds. The van der Waals surface area contributed by atoms with Crippen LogP contribution in [0.1, 0.15) is 11.4 Å². The third-order valence-corrected chi connectivity index (χ3v) is 3.40. The van der Waals surface area contributed by atoms with Crippen LogP contribution in [-0.4, -0.2) is 15.2 Å². The van der Waals surface area contributed by atoms with Crippen molar-refractivity contribution in [2.24, 2.45) is 0 Å². The molecule has 18 heavy (non-hydrogen) atoms. The second-order valence-electron chi connectivity index (χ2n) is 3.81. The largest absolute Gasteiger partial charge is 0.506 e. The highest BCUT2D eigenvalue weighted by atomic mass is 32.1. The SMILES string of the molecule is Oc1ccsc1-c1nc(Cc2ccccc2)no1. The standard InChI is InChI=1S/C13H10N2O2S/c16-10-6-7-18-12(10)13-14-11(15-17-13)8-9-4-2-1-3-5-9/h1-7,16H,8H2. The lowest BCUT2D eigenvalue weighted by atomic mass is 10.1. The monoisotopic (exact) mass is 258 g/mol. The Morgan fingerprint density at radius 3 is 2.72 bits per heavy atom. The van der Waals surface area contributed by atoms with Crippen LogP contribution in [-0.2, 0) is 6.42 Å². The van der Waals surface area contributed by atoms with Crippen molar-refractivity contribution in [2.75, 3.05) is 0 Å². The lowest BCUT2D eigenvalue weighted by Gasteiger charge is -1.94. The Hall–Kier alpha value is -2.14. The minimum atomic E-state index is 0.176. The summed E-state index contributed by atoms with van der Waals surface area (Å²) in [6.45, 7) is 0. The number of hydrogen-bond acceptors (Lipinski definition) is 5. The number of nitrogens with zero attached hydrogens (tertiary/aromatic N) is 2. The summed E-state index contributed by atoms with van der Waals surface area (Å²) in [6.07, 6.45) is 0.622. The Labute approximate surface area is 108 Å². The smallest absolute Gasteiger partial charge is 0.271 e. The fourth-order valence-electron chi connectivity index (χ4n) is 1.66. The zero-order chi connectivity index (χ0) is 12.4. The number of benzene rings is 1. The number of aromatic hydroxyl groups is 1. The van der Waals surface area contributed by atoms with Crippen LogP contribution >= 0.6 is 11.3 Å². The van der Waals surface area contributed by atoms with E-state index in [1.54, 1.807) is 11.4 Å². The van der Waals surface area contributed by atoms with Gasteiger partial charge in [0.2, 0.25) is 0 Å². The highest BCUT2D eigenvalue weighted by Gasteiger charge is 2.14. The van der Waals surface area contributed by atoms with Crippen molar-refractivity contribution >= 4 is 11.3 Å². The van der Waals surface area contributed by atoms with Crippen molar-refractivity contribution < 1.29 is 9.63 Å². The third-order valence-electron chi connectivity index (χ3n) is 2.51. The van der Waals surface area contributed by atoms with E-state index < -0.39 is 0 Å². The van der Waals surface area contributed by atoms with E-state index in [1.165, 1.54) is 11.3 Å². The van der Waals surface area contributed by atoms with E-state index in [9.17, 15) is 5.11 Å². The summed E-state index contributed by atoms with van der Waals surface area (Å²) < 4.78 is 5.15. The van der Waals surface area contributed by atoms with Gasteiger partial charge in [0.25, 0.3) is 5.89 Å². The molecule has 3 aromatic rings. The first-order valence-corrected chi connectivity index (χ1v) is 6.34. The zero-order valence-electron chi connectivity index (χ0n) is 9.41. The fourth-order valence-corrected chi connectivity index (χ4v) is 2.36. The minimum absolute atomic E-state index is 0.176. The molecule has 2 aromatic heterocycles. The van der Waals surface area contributed by atoms with E-state index in [4.69, 9.17) is 4.52 Å². The molecule has 1 aromatic carbocycles. The molecule has 0 saturated carbocycles. The summed E-state index contributed by atoms with van der Waals surface area (Å²) in [5, 5.41) is 15.3. The molecule has 0 atom stereocenters. The summed E-state index contributed by atoms with van der Waals surface area (Å²) in [5.74, 6) is 1.16. The van der Waals surface area contributed by atoms with Crippen molar-refractivity contribution in [3.05, 3.63) is 53.2 Å². The normalized spacial score (nSPS) is 10.7. The van der Waals surface area contributed by atoms with Gasteiger partial charge in [0.1, 0.15) is 10.6 Å². The van der Waals surface area contributed by atoms with Crippen LogP contribution in [0.5, 0.6) is 5.75 Å². The van der Waals surface area contributed by atoms with Crippen molar-refractivity contribution in [2.45, 2.75) is 6.42 Å². The predicted molar refractivity (Wildman–Crippen MR) is 68.5 cm³/mol. The summed E-state index contributed by atoms with van der Waals surface area (Å²) in [5.41, 5.74) is 1.13. The topological polar surface area (TPSA) is 59.2 Å². The van der Waals surface area contributed by atoms with Crippen LogP contribution in [0.3, 0.4) is 0 Å². The Bertz CT molecular complexity index is 646. The van der Waals surface area contributed by atoms with Crippen molar-refractivity contribution in [3.8, 4) is 16.5 Å². The number of thiophene rings is 1. The molecule has 0 aliphatic rings. The molecule has 0 aliphatic carbocycles. The van der Waals surface area contributed by atoms with E-state index >= 15 is 0 Å². The molecular formula is C13H10N2O2S. The second kappa shape index (κ2) is 4.62. The van der Waals surface area contributed by atoms with Gasteiger partial charge in [-0.05, 0) is 17.0 Å². The highest BCUT2D eigenvalue weighted by molar-refractivity contribution is 7.13. The van der Waals surface area contributed by atoms with E-state index in [0.29, 0.717) is 23.0 Å². The first-order valence-electron chi connectivity index (χ1n) is 5.46. The van der Waals surface area contributed by atoms with Gasteiger partial charge in [0.05, 0.1) is 0 Å². The Kier molecular flexibility index (Phi) is 2.82. The molecule has 0 spiro atoms. The van der Waals surface area contributed by atoms with Crippen LogP contribution in [0.25, 0.3) is 10.8 Å². The fraction of sp³-hybridized carbons (Fsp3) is 0.0769. The van der Waals surface area contributed by atoms with Gasteiger partial charge < -0.3 is 9.63 Å². The average molecular weight is 258 g/mol. The maximum Gasteiger partial charge on any atom is 0.271 e. The second-order valence-corrected chi connectivity index (χ2v) is 4.73. The molecule has 2 heterocycles.